The predicted molar refractivity (Wildman–Crippen MR) is 304 cm³/mol. The molecule has 3 heteroatoms. The first-order valence-corrected chi connectivity index (χ1v) is 25.4. The Morgan fingerprint density at radius 3 is 0.833 bits per heavy atom. The van der Waals surface area contributed by atoms with Gasteiger partial charge in [0, 0.05) is 66.3 Å². The molecule has 354 valence electrons. The average molecular weight is 935 g/mol. The second-order valence-corrected chi connectivity index (χ2v) is 24.0. The summed E-state index contributed by atoms with van der Waals surface area (Å²) in [4.78, 5) is 13.6. The second kappa shape index (κ2) is 16.6. The maximum atomic E-state index is 13.6. The summed E-state index contributed by atoms with van der Waals surface area (Å²) in [6, 6.07) is 56.7. The van der Waals surface area contributed by atoms with E-state index < -0.39 is 0 Å². The average Bonchev–Trinajstić information content (AvgIpc) is 3.95. The van der Waals surface area contributed by atoms with E-state index in [1.807, 2.05) is 24.3 Å². The van der Waals surface area contributed by atoms with Gasteiger partial charge in [0.15, 0.2) is 5.78 Å². The molecule has 11 rings (SSSR count). The minimum atomic E-state index is 0.0360. The van der Waals surface area contributed by atoms with Crippen LogP contribution in [0.5, 0.6) is 0 Å². The highest BCUT2D eigenvalue weighted by Gasteiger charge is 2.27. The summed E-state index contributed by atoms with van der Waals surface area (Å²) >= 11 is 0. The summed E-state index contributed by atoms with van der Waals surface area (Å²) in [6.07, 6.45) is 0. The molecular formula is C69H62N2O. The number of hydrogen-bond acceptors (Lipinski definition) is 1. The van der Waals surface area contributed by atoms with Crippen molar-refractivity contribution in [2.75, 3.05) is 0 Å². The van der Waals surface area contributed by atoms with Crippen LogP contribution in [0.15, 0.2) is 158 Å². The maximum Gasteiger partial charge on any atom is 0.194 e. The minimum absolute atomic E-state index is 0.0360. The van der Waals surface area contributed by atoms with Gasteiger partial charge in [0.2, 0.25) is 0 Å². The monoisotopic (exact) mass is 934 g/mol. The van der Waals surface area contributed by atoms with Gasteiger partial charge < -0.3 is 9.13 Å². The van der Waals surface area contributed by atoms with Crippen molar-refractivity contribution in [1.82, 2.24) is 9.13 Å². The van der Waals surface area contributed by atoms with E-state index in [0.29, 0.717) is 11.1 Å². The molecular weight excluding hydrogens is 873 g/mol. The molecule has 0 radical (unpaired) electrons. The molecule has 8 aromatic carbocycles. The molecule has 0 saturated heterocycles. The van der Waals surface area contributed by atoms with Crippen LogP contribution in [0, 0.1) is 23.7 Å². The molecule has 10 aromatic rings. The van der Waals surface area contributed by atoms with Gasteiger partial charge in [-0.1, -0.05) is 131 Å². The third-order valence-electron chi connectivity index (χ3n) is 14.8. The van der Waals surface area contributed by atoms with Crippen molar-refractivity contribution in [1.29, 1.82) is 0 Å². The number of rotatable bonds is 2. The molecule has 0 N–H and O–H groups in total. The highest BCUT2D eigenvalue weighted by Crippen LogP contribution is 2.41. The van der Waals surface area contributed by atoms with Crippen LogP contribution in [0.2, 0.25) is 0 Å². The summed E-state index contributed by atoms with van der Waals surface area (Å²) in [6.45, 7) is 27.3. The van der Waals surface area contributed by atoms with Gasteiger partial charge in [0.1, 0.15) is 0 Å². The summed E-state index contributed by atoms with van der Waals surface area (Å²) in [5.74, 6) is 13.7. The van der Waals surface area contributed by atoms with Gasteiger partial charge >= 0.3 is 0 Å². The first-order chi connectivity index (χ1) is 34.1. The molecule has 0 spiro atoms. The van der Waals surface area contributed by atoms with Crippen molar-refractivity contribution in [3.63, 3.8) is 0 Å². The number of fused-ring (bicyclic) bond motifs is 9. The van der Waals surface area contributed by atoms with E-state index in [-0.39, 0.29) is 27.4 Å². The SMILES string of the molecule is CC(C)(C)c1ccc2c(c1)c1cc(C(C)(C)C)ccc1n2-c1ccc(C#Cc2ccc3c(c2)-c2cc(C#Cc4ccc(-n5c6ccc(C(C)(C)C)cc6c6cc(C(C)(C)C)ccc65)cc4)ccc2C3=O)cc1. The Bertz CT molecular complexity index is 3600. The number of ketones is 1. The smallest absolute Gasteiger partial charge is 0.194 e. The van der Waals surface area contributed by atoms with Crippen molar-refractivity contribution in [2.24, 2.45) is 0 Å². The Kier molecular flexibility index (Phi) is 10.7. The van der Waals surface area contributed by atoms with Gasteiger partial charge in [0.05, 0.1) is 22.1 Å². The van der Waals surface area contributed by atoms with Gasteiger partial charge in [-0.15, -0.1) is 0 Å². The number of carbonyl (C=O) groups excluding carboxylic acids is 1. The van der Waals surface area contributed by atoms with E-state index in [4.69, 9.17) is 0 Å². The maximum absolute atomic E-state index is 13.6. The van der Waals surface area contributed by atoms with Crippen LogP contribution in [-0.4, -0.2) is 14.9 Å². The minimum Gasteiger partial charge on any atom is -0.309 e. The molecule has 1 aliphatic rings. The van der Waals surface area contributed by atoms with Crippen molar-refractivity contribution in [3.8, 4) is 46.2 Å². The van der Waals surface area contributed by atoms with Crippen LogP contribution in [-0.2, 0) is 21.7 Å². The van der Waals surface area contributed by atoms with E-state index >= 15 is 0 Å². The van der Waals surface area contributed by atoms with Gasteiger partial charge in [-0.3, -0.25) is 4.79 Å². The number of carbonyl (C=O) groups is 1. The highest BCUT2D eigenvalue weighted by atomic mass is 16.1. The summed E-state index contributed by atoms with van der Waals surface area (Å²) in [5, 5.41) is 5.09. The van der Waals surface area contributed by atoms with Crippen LogP contribution in [0.4, 0.5) is 0 Å². The lowest BCUT2D eigenvalue weighted by Crippen LogP contribution is -2.10. The molecule has 0 saturated carbocycles. The first-order valence-electron chi connectivity index (χ1n) is 25.4. The lowest BCUT2D eigenvalue weighted by atomic mass is 9.85. The van der Waals surface area contributed by atoms with Crippen LogP contribution in [0.3, 0.4) is 0 Å². The Morgan fingerprint density at radius 2 is 0.556 bits per heavy atom. The van der Waals surface area contributed by atoms with Gasteiger partial charge in [-0.2, -0.15) is 0 Å². The molecule has 0 aliphatic heterocycles. The van der Waals surface area contributed by atoms with Crippen LogP contribution < -0.4 is 0 Å². The first kappa shape index (κ1) is 46.5. The predicted octanol–water partition coefficient (Wildman–Crippen LogP) is 17.1. The fourth-order valence-electron chi connectivity index (χ4n) is 10.4. The number of benzene rings is 8. The molecule has 3 nitrogen and oxygen atoms in total. The van der Waals surface area contributed by atoms with E-state index in [0.717, 1.165) is 44.8 Å². The third kappa shape index (κ3) is 8.22. The molecule has 72 heavy (non-hydrogen) atoms. The fraction of sp³-hybridized carbons (Fsp3) is 0.232. The lowest BCUT2D eigenvalue weighted by Gasteiger charge is -2.19. The molecule has 2 aromatic heterocycles. The van der Waals surface area contributed by atoms with Gasteiger partial charge in [-0.25, -0.2) is 0 Å². The van der Waals surface area contributed by atoms with Crippen molar-refractivity contribution >= 4 is 49.4 Å². The zero-order valence-corrected chi connectivity index (χ0v) is 43.8. The normalized spacial score (nSPS) is 12.8. The van der Waals surface area contributed by atoms with Gasteiger partial charge in [0.25, 0.3) is 0 Å². The number of hydrogen-bond donors (Lipinski definition) is 0. The Hall–Kier alpha value is -7.85. The summed E-state index contributed by atoms with van der Waals surface area (Å²) in [5.41, 5.74) is 19.2. The van der Waals surface area contributed by atoms with Crippen molar-refractivity contribution < 1.29 is 4.79 Å². The summed E-state index contributed by atoms with van der Waals surface area (Å²) < 4.78 is 4.75. The van der Waals surface area contributed by atoms with Crippen LogP contribution in [0.1, 0.15) is 144 Å². The largest absolute Gasteiger partial charge is 0.309 e. The molecule has 0 unspecified atom stereocenters. The zero-order valence-electron chi connectivity index (χ0n) is 43.8. The molecule has 0 fully saturated rings. The number of aromatic nitrogens is 2. The summed E-state index contributed by atoms with van der Waals surface area (Å²) in [7, 11) is 0. The Morgan fingerprint density at radius 1 is 0.292 bits per heavy atom. The van der Waals surface area contributed by atoms with E-state index in [1.54, 1.807) is 0 Å². The van der Waals surface area contributed by atoms with Crippen molar-refractivity contribution in [2.45, 2.75) is 105 Å². The highest BCUT2D eigenvalue weighted by molar-refractivity contribution is 6.22. The van der Waals surface area contributed by atoms with E-state index in [9.17, 15) is 4.79 Å². The fourth-order valence-corrected chi connectivity index (χ4v) is 10.4. The Balaban J connectivity index is 0.864. The molecule has 2 heterocycles. The van der Waals surface area contributed by atoms with E-state index in [2.05, 4.69) is 249 Å². The molecule has 0 amide bonds. The van der Waals surface area contributed by atoms with Crippen LogP contribution >= 0.6 is 0 Å². The standard InChI is InChI=1S/C69H62N2O/c1-66(2,3)47-23-33-61-57(39-47)58-40-48(67(4,5)6)24-34-62(58)70(61)51-27-17-43(18-28-51)13-15-45-21-31-53-55(37-45)56-38-46(22-32-54(56)65(53)72)16-14-44-19-29-52(30-20-44)71-63-35-25-49(68(7,8)9)41-59(63)60-42-50(69(10,11)12)26-36-64(60)71/h17-42H,1-12H3. The van der Waals surface area contributed by atoms with Crippen molar-refractivity contribution in [3.05, 3.63) is 213 Å². The van der Waals surface area contributed by atoms with Crippen LogP contribution in [0.25, 0.3) is 66.1 Å². The topological polar surface area (TPSA) is 26.9 Å². The molecule has 0 atom stereocenters. The van der Waals surface area contributed by atoms with E-state index in [1.165, 1.54) is 65.9 Å². The van der Waals surface area contributed by atoms with Gasteiger partial charge in [-0.05, 0) is 189 Å². The molecule has 0 bridgehead atoms. The second-order valence-electron chi connectivity index (χ2n) is 24.0. The quantitative estimate of drug-likeness (QED) is 0.159. The lowest BCUT2D eigenvalue weighted by molar-refractivity contribution is 0.104. The number of nitrogens with zero attached hydrogens (tertiary/aromatic N) is 2. The molecule has 1 aliphatic carbocycles. The third-order valence-corrected chi connectivity index (χ3v) is 14.8. The zero-order chi connectivity index (χ0) is 50.6. The Labute approximate surface area is 425 Å².